The fourth-order valence-electron chi connectivity index (χ4n) is 2.17. The molecule has 0 unspecified atom stereocenters. The third kappa shape index (κ3) is 3.47. The molecule has 0 saturated carbocycles. The van der Waals surface area contributed by atoms with Gasteiger partial charge in [-0.25, -0.2) is 10.4 Å². The van der Waals surface area contributed by atoms with E-state index in [1.165, 1.54) is 0 Å². The first kappa shape index (κ1) is 15.4. The molecule has 0 fully saturated rings. The van der Waals surface area contributed by atoms with Crippen molar-refractivity contribution in [3.63, 3.8) is 0 Å². The number of H-pyrrole nitrogens is 1. The Kier molecular flexibility index (Phi) is 4.63. The number of hydrazone groups is 1. The van der Waals surface area contributed by atoms with Crippen LogP contribution in [-0.2, 0) is 0 Å². The molecule has 0 bridgehead atoms. The number of para-hydroxylation sites is 2. The first-order valence-corrected chi connectivity index (χ1v) is 7.28. The predicted molar refractivity (Wildman–Crippen MR) is 94.6 cm³/mol. The van der Waals surface area contributed by atoms with Crippen LogP contribution in [-0.4, -0.2) is 29.9 Å². The van der Waals surface area contributed by atoms with Crippen molar-refractivity contribution < 1.29 is 9.47 Å². The van der Waals surface area contributed by atoms with Crippen molar-refractivity contribution in [1.29, 1.82) is 0 Å². The van der Waals surface area contributed by atoms with Gasteiger partial charge in [-0.1, -0.05) is 18.1 Å². The van der Waals surface area contributed by atoms with Gasteiger partial charge >= 0.3 is 0 Å². The molecule has 1 heterocycles. The van der Waals surface area contributed by atoms with E-state index >= 15 is 0 Å². The van der Waals surface area contributed by atoms with Crippen LogP contribution in [0.25, 0.3) is 11.0 Å². The van der Waals surface area contributed by atoms with Gasteiger partial charge in [0, 0.05) is 5.56 Å². The quantitative estimate of drug-likeness (QED) is 0.416. The Morgan fingerprint density at radius 2 is 2.21 bits per heavy atom. The third-order valence-corrected chi connectivity index (χ3v) is 3.29. The maximum absolute atomic E-state index is 5.50. The fraction of sp³-hybridized carbons (Fsp3) is 0.111. The lowest BCUT2D eigenvalue weighted by Crippen LogP contribution is -1.99. The van der Waals surface area contributed by atoms with Crippen LogP contribution in [0.5, 0.6) is 11.5 Å². The number of hydrogen-bond acceptors (Lipinski definition) is 5. The van der Waals surface area contributed by atoms with Crippen molar-refractivity contribution >= 4 is 23.2 Å². The maximum Gasteiger partial charge on any atom is 0.222 e. The van der Waals surface area contributed by atoms with Crippen molar-refractivity contribution in [2.24, 2.45) is 5.10 Å². The number of aromatic amines is 1. The van der Waals surface area contributed by atoms with E-state index < -0.39 is 0 Å². The fourth-order valence-corrected chi connectivity index (χ4v) is 2.17. The van der Waals surface area contributed by atoms with Crippen LogP contribution >= 0.6 is 0 Å². The number of imidazole rings is 1. The van der Waals surface area contributed by atoms with Crippen molar-refractivity contribution in [1.82, 2.24) is 9.97 Å². The van der Waals surface area contributed by atoms with Crippen LogP contribution in [0, 0.1) is 12.3 Å². The number of rotatable bonds is 6. The van der Waals surface area contributed by atoms with Gasteiger partial charge in [-0.05, 0) is 30.3 Å². The van der Waals surface area contributed by atoms with Crippen molar-refractivity contribution in [2.45, 2.75) is 0 Å². The van der Waals surface area contributed by atoms with Gasteiger partial charge in [0.2, 0.25) is 5.95 Å². The normalized spacial score (nSPS) is 10.7. The summed E-state index contributed by atoms with van der Waals surface area (Å²) in [7, 11) is 1.60. The molecule has 3 aromatic rings. The summed E-state index contributed by atoms with van der Waals surface area (Å²) in [6, 6.07) is 13.2. The first-order valence-electron chi connectivity index (χ1n) is 7.28. The Labute approximate surface area is 139 Å². The predicted octanol–water partition coefficient (Wildman–Crippen LogP) is 3.03. The van der Waals surface area contributed by atoms with E-state index in [2.05, 4.69) is 26.4 Å². The Morgan fingerprint density at radius 3 is 3.00 bits per heavy atom. The number of aromatic nitrogens is 2. The number of ether oxygens (including phenoxy) is 2. The Morgan fingerprint density at radius 1 is 1.33 bits per heavy atom. The SMILES string of the molecule is C#CCOc1ccc(OC)cc1/C=N/Nc1nc2ccccc2[nH]1. The van der Waals surface area contributed by atoms with E-state index in [0.717, 1.165) is 16.6 Å². The summed E-state index contributed by atoms with van der Waals surface area (Å²) < 4.78 is 10.7. The zero-order chi connectivity index (χ0) is 16.8. The lowest BCUT2D eigenvalue weighted by atomic mass is 10.2. The number of anilines is 1. The van der Waals surface area contributed by atoms with Crippen LogP contribution < -0.4 is 14.9 Å². The number of methoxy groups -OCH3 is 1. The van der Waals surface area contributed by atoms with Gasteiger partial charge in [0.25, 0.3) is 0 Å². The maximum atomic E-state index is 5.50. The number of benzene rings is 2. The highest BCUT2D eigenvalue weighted by Gasteiger charge is 2.04. The average Bonchev–Trinajstić information content (AvgIpc) is 3.03. The van der Waals surface area contributed by atoms with E-state index in [4.69, 9.17) is 15.9 Å². The Hall–Kier alpha value is -3.46. The molecule has 120 valence electrons. The first-order chi connectivity index (χ1) is 11.8. The molecule has 2 aromatic carbocycles. The molecule has 1 aromatic heterocycles. The summed E-state index contributed by atoms with van der Waals surface area (Å²) in [6.45, 7) is 0.185. The van der Waals surface area contributed by atoms with Gasteiger partial charge in [0.1, 0.15) is 18.1 Å². The van der Waals surface area contributed by atoms with E-state index in [1.54, 1.807) is 25.5 Å². The molecule has 0 amide bonds. The lowest BCUT2D eigenvalue weighted by Gasteiger charge is -2.08. The molecule has 3 rings (SSSR count). The van der Waals surface area contributed by atoms with Crippen LogP contribution in [0.2, 0.25) is 0 Å². The Bertz CT molecular complexity index is 876. The molecular weight excluding hydrogens is 304 g/mol. The highest BCUT2D eigenvalue weighted by Crippen LogP contribution is 2.23. The largest absolute Gasteiger partial charge is 0.497 e. The number of fused-ring (bicyclic) bond motifs is 1. The minimum absolute atomic E-state index is 0.185. The average molecular weight is 320 g/mol. The van der Waals surface area contributed by atoms with Gasteiger partial charge in [-0.2, -0.15) is 5.10 Å². The molecule has 0 aliphatic rings. The van der Waals surface area contributed by atoms with Gasteiger partial charge in [0.15, 0.2) is 0 Å². The summed E-state index contributed by atoms with van der Waals surface area (Å²) in [5.41, 5.74) is 5.42. The molecule has 0 spiro atoms. The molecule has 24 heavy (non-hydrogen) atoms. The number of nitrogens with one attached hydrogen (secondary N) is 2. The summed E-state index contributed by atoms with van der Waals surface area (Å²) >= 11 is 0. The van der Waals surface area contributed by atoms with E-state index in [0.29, 0.717) is 17.4 Å². The van der Waals surface area contributed by atoms with Gasteiger partial charge in [-0.3, -0.25) is 0 Å². The minimum atomic E-state index is 0.185. The monoisotopic (exact) mass is 320 g/mol. The highest BCUT2D eigenvalue weighted by molar-refractivity contribution is 5.85. The molecule has 0 saturated heterocycles. The second kappa shape index (κ2) is 7.20. The zero-order valence-corrected chi connectivity index (χ0v) is 13.1. The molecule has 6 heteroatoms. The highest BCUT2D eigenvalue weighted by atomic mass is 16.5. The molecule has 0 atom stereocenters. The van der Waals surface area contributed by atoms with E-state index in [9.17, 15) is 0 Å². The molecule has 0 aliphatic carbocycles. The van der Waals surface area contributed by atoms with E-state index in [1.807, 2.05) is 30.3 Å². The number of terminal acetylenes is 1. The summed E-state index contributed by atoms with van der Waals surface area (Å²) in [5.74, 6) is 4.33. The zero-order valence-electron chi connectivity index (χ0n) is 13.1. The molecule has 0 aliphatic heterocycles. The van der Waals surface area contributed by atoms with Gasteiger partial charge in [-0.15, -0.1) is 6.42 Å². The summed E-state index contributed by atoms with van der Waals surface area (Å²) in [6.07, 6.45) is 6.86. The Balaban J connectivity index is 1.78. The number of hydrogen-bond donors (Lipinski definition) is 2. The lowest BCUT2D eigenvalue weighted by molar-refractivity contribution is 0.367. The summed E-state index contributed by atoms with van der Waals surface area (Å²) in [4.78, 5) is 7.52. The molecule has 6 nitrogen and oxygen atoms in total. The molecule has 2 N–H and O–H groups in total. The van der Waals surface area contributed by atoms with Crippen LogP contribution in [0.1, 0.15) is 5.56 Å². The van der Waals surface area contributed by atoms with Crippen molar-refractivity contribution in [3.8, 4) is 23.8 Å². The topological polar surface area (TPSA) is 71.5 Å². The standard InChI is InChI=1S/C18H16N4O2/c1-3-10-24-17-9-8-14(23-2)11-13(17)12-19-22-18-20-15-6-4-5-7-16(15)21-18/h1,4-9,11-12H,10H2,2H3,(H2,20,21,22)/b19-12+. The summed E-state index contributed by atoms with van der Waals surface area (Å²) in [5, 5.41) is 4.20. The third-order valence-electron chi connectivity index (χ3n) is 3.29. The van der Waals surface area contributed by atoms with Gasteiger partial charge in [0.05, 0.1) is 24.4 Å². The van der Waals surface area contributed by atoms with Gasteiger partial charge < -0.3 is 14.5 Å². The molecular formula is C18H16N4O2. The van der Waals surface area contributed by atoms with Crippen molar-refractivity contribution in [3.05, 3.63) is 48.0 Å². The van der Waals surface area contributed by atoms with Crippen LogP contribution in [0.4, 0.5) is 5.95 Å². The molecule has 0 radical (unpaired) electrons. The van der Waals surface area contributed by atoms with Crippen LogP contribution in [0.3, 0.4) is 0 Å². The second-order valence-corrected chi connectivity index (χ2v) is 4.87. The number of nitrogens with zero attached hydrogens (tertiary/aromatic N) is 2. The van der Waals surface area contributed by atoms with Crippen LogP contribution in [0.15, 0.2) is 47.6 Å². The minimum Gasteiger partial charge on any atom is -0.497 e. The van der Waals surface area contributed by atoms with E-state index in [-0.39, 0.29) is 6.61 Å². The smallest absolute Gasteiger partial charge is 0.222 e. The second-order valence-electron chi connectivity index (χ2n) is 4.87. The van der Waals surface area contributed by atoms with Crippen molar-refractivity contribution in [2.75, 3.05) is 19.1 Å².